The summed E-state index contributed by atoms with van der Waals surface area (Å²) in [5.41, 5.74) is 1.59. The average molecular weight is 281 g/mol. The maximum atomic E-state index is 9.11. The second kappa shape index (κ2) is 5.36. The molecule has 0 spiro atoms. The fourth-order valence-corrected chi connectivity index (χ4v) is 2.25. The molecule has 0 aliphatic heterocycles. The van der Waals surface area contributed by atoms with Crippen molar-refractivity contribution in [1.82, 2.24) is 0 Å². The number of benzene rings is 1. The van der Waals surface area contributed by atoms with Crippen LogP contribution in [0.25, 0.3) is 0 Å². The smallest absolute Gasteiger partial charge is 0.103 e. The summed E-state index contributed by atoms with van der Waals surface area (Å²) in [7, 11) is 0. The number of nitriles is 1. The largest absolute Gasteiger partial charge is 0.379 e. The van der Waals surface area contributed by atoms with E-state index >= 15 is 0 Å². The number of rotatable bonds is 4. The Bertz CT molecular complexity index is 405. The van der Waals surface area contributed by atoms with Gasteiger partial charge in [-0.05, 0) is 48.3 Å². The number of anilines is 1. The lowest BCUT2D eigenvalue weighted by molar-refractivity contribution is 0.511. The molecule has 0 unspecified atom stereocenters. The molecule has 0 aliphatic rings. The van der Waals surface area contributed by atoms with Crippen LogP contribution in [-0.2, 0) is 0 Å². The highest BCUT2D eigenvalue weighted by Gasteiger charge is 2.18. The van der Waals surface area contributed by atoms with E-state index in [0.717, 1.165) is 23.0 Å². The van der Waals surface area contributed by atoms with Gasteiger partial charge in [-0.3, -0.25) is 0 Å². The van der Waals surface area contributed by atoms with Crippen molar-refractivity contribution in [3.8, 4) is 6.07 Å². The van der Waals surface area contributed by atoms with Crippen molar-refractivity contribution in [3.05, 3.63) is 28.2 Å². The molecule has 0 fully saturated rings. The lowest BCUT2D eigenvalue weighted by Gasteiger charge is -2.27. The van der Waals surface area contributed by atoms with E-state index in [1.54, 1.807) is 0 Å². The van der Waals surface area contributed by atoms with Gasteiger partial charge in [-0.2, -0.15) is 5.26 Å². The molecule has 0 aliphatic carbocycles. The van der Waals surface area contributed by atoms with Crippen molar-refractivity contribution < 1.29 is 0 Å². The van der Waals surface area contributed by atoms with E-state index in [9.17, 15) is 0 Å². The Kier molecular flexibility index (Phi) is 4.37. The minimum atomic E-state index is 0.0150. The van der Waals surface area contributed by atoms with Gasteiger partial charge in [0.1, 0.15) is 6.07 Å². The van der Waals surface area contributed by atoms with Crippen LogP contribution in [0.5, 0.6) is 0 Å². The zero-order valence-electron chi connectivity index (χ0n) is 9.97. The van der Waals surface area contributed by atoms with E-state index in [1.807, 2.05) is 18.2 Å². The lowest BCUT2D eigenvalue weighted by atomic mass is 9.98. The molecule has 16 heavy (non-hydrogen) atoms. The minimum absolute atomic E-state index is 0.0150. The number of hydrogen-bond acceptors (Lipinski definition) is 2. The molecule has 0 radical (unpaired) electrons. The van der Waals surface area contributed by atoms with Crippen molar-refractivity contribution >= 4 is 21.6 Å². The first-order valence-electron chi connectivity index (χ1n) is 5.47. The lowest BCUT2D eigenvalue weighted by Crippen LogP contribution is -2.30. The Hall–Kier alpha value is -1.01. The average Bonchev–Trinajstić information content (AvgIpc) is 2.17. The van der Waals surface area contributed by atoms with Gasteiger partial charge in [0.15, 0.2) is 0 Å². The van der Waals surface area contributed by atoms with Crippen LogP contribution in [0, 0.1) is 11.3 Å². The molecular formula is C13H17BrN2. The minimum Gasteiger partial charge on any atom is -0.379 e. The zero-order chi connectivity index (χ0) is 12.2. The summed E-state index contributed by atoms with van der Waals surface area (Å²) in [6.45, 7) is 6.46. The first-order valence-corrected chi connectivity index (χ1v) is 6.26. The van der Waals surface area contributed by atoms with Gasteiger partial charge in [0.2, 0.25) is 0 Å². The highest BCUT2D eigenvalue weighted by atomic mass is 79.9. The molecule has 1 N–H and O–H groups in total. The molecule has 3 heteroatoms. The SMILES string of the molecule is CCCC(C)(C)Nc1cccc(Br)c1C#N. The second-order valence-electron chi connectivity index (χ2n) is 4.53. The van der Waals surface area contributed by atoms with Crippen LogP contribution < -0.4 is 5.32 Å². The van der Waals surface area contributed by atoms with Crippen LogP contribution in [0.1, 0.15) is 39.2 Å². The molecule has 86 valence electrons. The molecule has 1 aromatic rings. The van der Waals surface area contributed by atoms with E-state index in [-0.39, 0.29) is 5.54 Å². The third-order valence-corrected chi connectivity index (χ3v) is 3.13. The Labute approximate surface area is 106 Å². The maximum absolute atomic E-state index is 9.11. The molecule has 0 heterocycles. The monoisotopic (exact) mass is 280 g/mol. The van der Waals surface area contributed by atoms with E-state index in [0.29, 0.717) is 5.56 Å². The highest BCUT2D eigenvalue weighted by Crippen LogP contribution is 2.27. The molecule has 1 aromatic carbocycles. The standard InChI is InChI=1S/C13H17BrN2/c1-4-8-13(2,3)16-12-7-5-6-11(14)10(12)9-15/h5-7,16H,4,8H2,1-3H3. The van der Waals surface area contributed by atoms with Gasteiger partial charge in [0.25, 0.3) is 0 Å². The van der Waals surface area contributed by atoms with Crippen molar-refractivity contribution in [2.24, 2.45) is 0 Å². The highest BCUT2D eigenvalue weighted by molar-refractivity contribution is 9.10. The van der Waals surface area contributed by atoms with Gasteiger partial charge < -0.3 is 5.32 Å². The summed E-state index contributed by atoms with van der Waals surface area (Å²) >= 11 is 3.39. The summed E-state index contributed by atoms with van der Waals surface area (Å²) in [5, 5.41) is 12.5. The first kappa shape index (κ1) is 13.1. The van der Waals surface area contributed by atoms with Crippen molar-refractivity contribution in [1.29, 1.82) is 5.26 Å². The Balaban J connectivity index is 2.98. The van der Waals surface area contributed by atoms with Crippen molar-refractivity contribution in [3.63, 3.8) is 0 Å². The molecule has 0 saturated carbocycles. The van der Waals surface area contributed by atoms with Crippen molar-refractivity contribution in [2.75, 3.05) is 5.32 Å². The van der Waals surface area contributed by atoms with Crippen LogP contribution >= 0.6 is 15.9 Å². The van der Waals surface area contributed by atoms with Crippen molar-refractivity contribution in [2.45, 2.75) is 39.2 Å². The van der Waals surface area contributed by atoms with Crippen LogP contribution in [0.2, 0.25) is 0 Å². The predicted molar refractivity (Wildman–Crippen MR) is 71.5 cm³/mol. The number of hydrogen-bond donors (Lipinski definition) is 1. The molecular weight excluding hydrogens is 264 g/mol. The Morgan fingerprint density at radius 2 is 2.12 bits per heavy atom. The molecule has 0 aromatic heterocycles. The van der Waals surface area contributed by atoms with Crippen LogP contribution in [0.15, 0.2) is 22.7 Å². The molecule has 0 bridgehead atoms. The van der Waals surface area contributed by atoms with Gasteiger partial charge in [-0.1, -0.05) is 19.4 Å². The predicted octanol–water partition coefficient (Wildman–Crippen LogP) is 4.31. The van der Waals surface area contributed by atoms with Gasteiger partial charge in [0, 0.05) is 10.0 Å². The number of nitrogens with zero attached hydrogens (tertiary/aromatic N) is 1. The summed E-state index contributed by atoms with van der Waals surface area (Å²) in [6, 6.07) is 7.99. The van der Waals surface area contributed by atoms with Gasteiger partial charge >= 0.3 is 0 Å². The fraction of sp³-hybridized carbons (Fsp3) is 0.462. The summed E-state index contributed by atoms with van der Waals surface area (Å²) in [4.78, 5) is 0. The van der Waals surface area contributed by atoms with Crippen LogP contribution in [0.4, 0.5) is 5.69 Å². The normalized spacial score (nSPS) is 10.9. The molecule has 0 atom stereocenters. The van der Waals surface area contributed by atoms with E-state index in [4.69, 9.17) is 5.26 Å². The second-order valence-corrected chi connectivity index (χ2v) is 5.39. The fourth-order valence-electron chi connectivity index (χ4n) is 1.79. The zero-order valence-corrected chi connectivity index (χ0v) is 11.6. The Morgan fingerprint density at radius 3 is 2.69 bits per heavy atom. The summed E-state index contributed by atoms with van der Waals surface area (Å²) < 4.78 is 0.840. The Morgan fingerprint density at radius 1 is 1.44 bits per heavy atom. The van der Waals surface area contributed by atoms with Crippen LogP contribution in [-0.4, -0.2) is 5.54 Å². The maximum Gasteiger partial charge on any atom is 0.103 e. The van der Waals surface area contributed by atoms with E-state index in [1.165, 1.54) is 0 Å². The van der Waals surface area contributed by atoms with Gasteiger partial charge in [-0.15, -0.1) is 0 Å². The third-order valence-electron chi connectivity index (χ3n) is 2.47. The van der Waals surface area contributed by atoms with E-state index < -0.39 is 0 Å². The summed E-state index contributed by atoms with van der Waals surface area (Å²) in [5.74, 6) is 0. The molecule has 1 rings (SSSR count). The molecule has 0 saturated heterocycles. The number of nitrogens with one attached hydrogen (secondary N) is 1. The molecule has 2 nitrogen and oxygen atoms in total. The topological polar surface area (TPSA) is 35.8 Å². The van der Waals surface area contributed by atoms with Gasteiger partial charge in [-0.25, -0.2) is 0 Å². The first-order chi connectivity index (χ1) is 7.50. The third kappa shape index (κ3) is 3.24. The van der Waals surface area contributed by atoms with Crippen LogP contribution in [0.3, 0.4) is 0 Å². The summed E-state index contributed by atoms with van der Waals surface area (Å²) in [6.07, 6.45) is 2.19. The van der Waals surface area contributed by atoms with Gasteiger partial charge in [0.05, 0.1) is 11.3 Å². The quantitative estimate of drug-likeness (QED) is 0.892. The molecule has 0 amide bonds. The van der Waals surface area contributed by atoms with E-state index in [2.05, 4.69) is 48.1 Å². The number of halogens is 1.